The van der Waals surface area contributed by atoms with Crippen LogP contribution in [0, 0.1) is 0 Å². The average Bonchev–Trinajstić information content (AvgIpc) is 2.10. The van der Waals surface area contributed by atoms with Crippen LogP contribution in [0.2, 0.25) is 0 Å². The molecule has 1 rings (SSSR count). The van der Waals surface area contributed by atoms with Crippen LogP contribution >= 0.6 is 0 Å². The predicted molar refractivity (Wildman–Crippen MR) is 35.1 cm³/mol. The molecule has 0 amide bonds. The highest BCUT2D eigenvalue weighted by Gasteiger charge is 2.31. The van der Waals surface area contributed by atoms with E-state index in [-0.39, 0.29) is 6.04 Å². The zero-order valence-electron chi connectivity index (χ0n) is 5.87. The Morgan fingerprint density at radius 2 is 2.40 bits per heavy atom. The molecule has 0 aromatic carbocycles. The van der Waals surface area contributed by atoms with E-state index in [0.29, 0.717) is 5.90 Å². The summed E-state index contributed by atoms with van der Waals surface area (Å²) < 4.78 is 4.89. The normalized spacial score (nSPS) is 31.2. The highest BCUT2D eigenvalue weighted by atomic mass is 16.5. The number of rotatable bonds is 1. The van der Waals surface area contributed by atoms with Gasteiger partial charge in [-0.15, -0.1) is 0 Å². The van der Waals surface area contributed by atoms with Crippen molar-refractivity contribution in [3.05, 3.63) is 0 Å². The fraction of sp³-hybridized carbons (Fsp3) is 0.667. The summed E-state index contributed by atoms with van der Waals surface area (Å²) >= 11 is 0. The maximum absolute atomic E-state index is 10.4. The molecular formula is C6H9NO3. The van der Waals surface area contributed by atoms with Gasteiger partial charge in [-0.25, -0.2) is 9.79 Å². The minimum absolute atomic E-state index is 0.252. The van der Waals surface area contributed by atoms with Crippen LogP contribution in [-0.4, -0.2) is 29.1 Å². The number of carbonyl (C=O) groups is 1. The first-order valence-electron chi connectivity index (χ1n) is 3.05. The van der Waals surface area contributed by atoms with E-state index in [0.717, 1.165) is 0 Å². The number of ether oxygens (including phenoxy) is 1. The summed E-state index contributed by atoms with van der Waals surface area (Å²) in [6.07, 6.45) is -0.778. The van der Waals surface area contributed by atoms with Crippen molar-refractivity contribution in [1.82, 2.24) is 0 Å². The number of carboxylic acid groups (broad SMARTS) is 1. The maximum Gasteiger partial charge on any atom is 0.347 e. The van der Waals surface area contributed by atoms with Gasteiger partial charge >= 0.3 is 5.97 Å². The summed E-state index contributed by atoms with van der Waals surface area (Å²) in [6.45, 7) is 3.37. The Labute approximate surface area is 58.5 Å². The molecule has 0 unspecified atom stereocenters. The van der Waals surface area contributed by atoms with Crippen LogP contribution in [0.15, 0.2) is 4.99 Å². The van der Waals surface area contributed by atoms with Gasteiger partial charge in [-0.1, -0.05) is 0 Å². The van der Waals surface area contributed by atoms with Crippen LogP contribution in [0.25, 0.3) is 0 Å². The second-order valence-corrected chi connectivity index (χ2v) is 2.27. The molecule has 1 N–H and O–H groups in total. The average molecular weight is 143 g/mol. The molecule has 1 aliphatic rings. The molecule has 4 heteroatoms. The third-order valence-corrected chi connectivity index (χ3v) is 1.36. The summed E-state index contributed by atoms with van der Waals surface area (Å²) in [6, 6.07) is -0.252. The van der Waals surface area contributed by atoms with Crippen LogP contribution in [-0.2, 0) is 9.53 Å². The van der Waals surface area contributed by atoms with Crippen LogP contribution in [0.3, 0.4) is 0 Å². The monoisotopic (exact) mass is 143 g/mol. The minimum Gasteiger partial charge on any atom is -0.478 e. The predicted octanol–water partition coefficient (Wildman–Crippen LogP) is 0.277. The minimum atomic E-state index is -0.951. The number of aliphatic carboxylic acids is 1. The SMILES string of the molecule is CC1=N[C@H](C)[C@H](C(=O)O)O1. The van der Waals surface area contributed by atoms with E-state index in [4.69, 9.17) is 9.84 Å². The van der Waals surface area contributed by atoms with E-state index in [1.54, 1.807) is 13.8 Å². The molecule has 0 saturated heterocycles. The van der Waals surface area contributed by atoms with Gasteiger partial charge in [0, 0.05) is 6.92 Å². The lowest BCUT2D eigenvalue weighted by Gasteiger charge is -2.06. The third kappa shape index (κ3) is 1.10. The summed E-state index contributed by atoms with van der Waals surface area (Å²) in [5.41, 5.74) is 0. The molecule has 4 nitrogen and oxygen atoms in total. The van der Waals surface area contributed by atoms with Gasteiger partial charge in [0.2, 0.25) is 6.10 Å². The number of carboxylic acids is 1. The Kier molecular flexibility index (Phi) is 1.61. The molecule has 56 valence electrons. The van der Waals surface area contributed by atoms with Crippen LogP contribution < -0.4 is 0 Å². The van der Waals surface area contributed by atoms with Crippen molar-refractivity contribution < 1.29 is 14.6 Å². The maximum atomic E-state index is 10.4. The van der Waals surface area contributed by atoms with Crippen molar-refractivity contribution in [3.8, 4) is 0 Å². The molecule has 0 bridgehead atoms. The fourth-order valence-corrected chi connectivity index (χ4v) is 0.924. The third-order valence-electron chi connectivity index (χ3n) is 1.36. The zero-order valence-corrected chi connectivity index (χ0v) is 5.87. The highest BCUT2D eigenvalue weighted by molar-refractivity contribution is 5.83. The first-order chi connectivity index (χ1) is 4.61. The van der Waals surface area contributed by atoms with Gasteiger partial charge in [0.15, 0.2) is 5.90 Å². The number of nitrogens with zero attached hydrogens (tertiary/aromatic N) is 1. The molecule has 0 saturated carbocycles. The van der Waals surface area contributed by atoms with Crippen molar-refractivity contribution in [3.63, 3.8) is 0 Å². The largest absolute Gasteiger partial charge is 0.478 e. The summed E-state index contributed by atoms with van der Waals surface area (Å²) in [5.74, 6) is -0.493. The Balaban J connectivity index is 2.63. The molecule has 1 heterocycles. The second kappa shape index (κ2) is 2.28. The Bertz CT molecular complexity index is 187. The molecule has 0 aromatic rings. The zero-order chi connectivity index (χ0) is 7.72. The van der Waals surface area contributed by atoms with Gasteiger partial charge < -0.3 is 9.84 Å². The van der Waals surface area contributed by atoms with Gasteiger partial charge in [0.05, 0.1) is 6.04 Å². The standard InChI is InChI=1S/C6H9NO3/c1-3-5(6(8)9)10-4(2)7-3/h3,5H,1-2H3,(H,8,9)/t3-,5-/m1/s1. The Hall–Kier alpha value is -1.06. The topological polar surface area (TPSA) is 58.9 Å². The molecule has 0 fully saturated rings. The summed E-state index contributed by atoms with van der Waals surface area (Å²) in [4.78, 5) is 14.3. The van der Waals surface area contributed by atoms with Crippen molar-refractivity contribution in [2.24, 2.45) is 4.99 Å². The van der Waals surface area contributed by atoms with Gasteiger partial charge in [-0.05, 0) is 6.92 Å². The van der Waals surface area contributed by atoms with Crippen LogP contribution in [0.1, 0.15) is 13.8 Å². The second-order valence-electron chi connectivity index (χ2n) is 2.27. The van der Waals surface area contributed by atoms with E-state index < -0.39 is 12.1 Å². The van der Waals surface area contributed by atoms with Crippen LogP contribution in [0.5, 0.6) is 0 Å². The van der Waals surface area contributed by atoms with E-state index in [1.807, 2.05) is 0 Å². The molecule has 0 aromatic heterocycles. The van der Waals surface area contributed by atoms with Crippen molar-refractivity contribution in [2.45, 2.75) is 26.0 Å². The summed E-state index contributed by atoms with van der Waals surface area (Å²) in [5, 5.41) is 8.50. The lowest BCUT2D eigenvalue weighted by molar-refractivity contribution is -0.145. The number of hydrogen-bond acceptors (Lipinski definition) is 3. The van der Waals surface area contributed by atoms with Gasteiger partial charge in [0.25, 0.3) is 0 Å². The first-order valence-corrected chi connectivity index (χ1v) is 3.05. The Morgan fingerprint density at radius 3 is 2.60 bits per heavy atom. The molecule has 0 spiro atoms. The highest BCUT2D eigenvalue weighted by Crippen LogP contribution is 2.12. The summed E-state index contributed by atoms with van der Waals surface area (Å²) in [7, 11) is 0. The van der Waals surface area contributed by atoms with Gasteiger partial charge in [0.1, 0.15) is 0 Å². The van der Waals surface area contributed by atoms with E-state index in [9.17, 15) is 4.79 Å². The lowest BCUT2D eigenvalue weighted by atomic mass is 10.2. The molecule has 10 heavy (non-hydrogen) atoms. The molecule has 2 atom stereocenters. The van der Waals surface area contributed by atoms with E-state index in [2.05, 4.69) is 4.99 Å². The van der Waals surface area contributed by atoms with Crippen LogP contribution in [0.4, 0.5) is 0 Å². The molecule has 0 aliphatic carbocycles. The smallest absolute Gasteiger partial charge is 0.347 e. The first kappa shape index (κ1) is 7.05. The van der Waals surface area contributed by atoms with Gasteiger partial charge in [-0.3, -0.25) is 0 Å². The lowest BCUT2D eigenvalue weighted by Crippen LogP contribution is -2.29. The van der Waals surface area contributed by atoms with Crippen molar-refractivity contribution >= 4 is 11.9 Å². The quantitative estimate of drug-likeness (QED) is 0.573. The van der Waals surface area contributed by atoms with Crippen molar-refractivity contribution in [1.29, 1.82) is 0 Å². The Morgan fingerprint density at radius 1 is 1.80 bits per heavy atom. The van der Waals surface area contributed by atoms with Gasteiger partial charge in [-0.2, -0.15) is 0 Å². The molecule has 1 aliphatic heterocycles. The van der Waals surface area contributed by atoms with E-state index >= 15 is 0 Å². The number of hydrogen-bond donors (Lipinski definition) is 1. The van der Waals surface area contributed by atoms with Crippen molar-refractivity contribution in [2.75, 3.05) is 0 Å². The van der Waals surface area contributed by atoms with E-state index in [1.165, 1.54) is 0 Å². The molecule has 0 radical (unpaired) electrons. The molecular weight excluding hydrogens is 134 g/mol. The number of aliphatic imine (C=N–C) groups is 1. The fourth-order valence-electron chi connectivity index (χ4n) is 0.924.